The molecule has 0 amide bonds. The molecule has 0 unspecified atom stereocenters. The molecule has 0 fully saturated rings. The van der Waals surface area contributed by atoms with Crippen molar-refractivity contribution in [2.24, 2.45) is 0 Å². The molecule has 0 aliphatic carbocycles. The van der Waals surface area contributed by atoms with Gasteiger partial charge < -0.3 is 5.11 Å². The molecule has 16 heavy (non-hydrogen) atoms. The Kier molecular flexibility index (Phi) is 2.84. The Labute approximate surface area is 98.1 Å². The monoisotopic (exact) mass is 236 g/mol. The fraction of sp³-hybridized carbons (Fsp3) is 0.0769. The van der Waals surface area contributed by atoms with Gasteiger partial charge in [0.15, 0.2) is 0 Å². The van der Waals surface area contributed by atoms with Crippen LogP contribution in [-0.4, -0.2) is 5.11 Å². The van der Waals surface area contributed by atoms with Crippen molar-refractivity contribution in [2.45, 2.75) is 6.92 Å². The summed E-state index contributed by atoms with van der Waals surface area (Å²) in [6.07, 6.45) is 0. The standard InChI is InChI=1S/C13H10ClFO/c1-8-2-3-13(16)12(4-8)9-5-10(14)7-11(15)6-9/h2-7,16H,1H3. The number of phenols is 1. The maximum Gasteiger partial charge on any atom is 0.125 e. The predicted octanol–water partition coefficient (Wildman–Crippen LogP) is 4.16. The number of benzene rings is 2. The number of hydrogen-bond donors (Lipinski definition) is 1. The van der Waals surface area contributed by atoms with Crippen LogP contribution in [0.25, 0.3) is 11.1 Å². The second-order valence-electron chi connectivity index (χ2n) is 3.68. The average molecular weight is 237 g/mol. The topological polar surface area (TPSA) is 20.2 Å². The molecule has 0 heterocycles. The lowest BCUT2D eigenvalue weighted by Gasteiger charge is -2.06. The number of phenolic OH excluding ortho intramolecular Hbond substituents is 1. The van der Waals surface area contributed by atoms with Crippen molar-refractivity contribution < 1.29 is 9.50 Å². The summed E-state index contributed by atoms with van der Waals surface area (Å²) >= 11 is 5.77. The highest BCUT2D eigenvalue weighted by Crippen LogP contribution is 2.32. The van der Waals surface area contributed by atoms with Crippen LogP contribution in [0.4, 0.5) is 4.39 Å². The van der Waals surface area contributed by atoms with Crippen molar-refractivity contribution >= 4 is 11.6 Å². The van der Waals surface area contributed by atoms with Crippen LogP contribution >= 0.6 is 11.6 Å². The quantitative estimate of drug-likeness (QED) is 0.788. The van der Waals surface area contributed by atoms with Gasteiger partial charge in [-0.05, 0) is 42.8 Å². The summed E-state index contributed by atoms with van der Waals surface area (Å²) in [6, 6.07) is 9.38. The number of hydrogen-bond acceptors (Lipinski definition) is 1. The molecule has 0 bridgehead atoms. The van der Waals surface area contributed by atoms with E-state index < -0.39 is 5.82 Å². The molecular weight excluding hydrogens is 227 g/mol. The first-order valence-electron chi connectivity index (χ1n) is 4.82. The Balaban J connectivity index is 2.62. The largest absolute Gasteiger partial charge is 0.507 e. The van der Waals surface area contributed by atoms with Gasteiger partial charge >= 0.3 is 0 Å². The zero-order valence-corrected chi connectivity index (χ0v) is 9.42. The van der Waals surface area contributed by atoms with Crippen LogP contribution in [0, 0.1) is 12.7 Å². The molecular formula is C13H10ClFO. The van der Waals surface area contributed by atoms with E-state index in [1.807, 2.05) is 6.92 Å². The third-order valence-corrected chi connectivity index (χ3v) is 2.54. The van der Waals surface area contributed by atoms with Crippen molar-refractivity contribution in [2.75, 3.05) is 0 Å². The summed E-state index contributed by atoms with van der Waals surface area (Å²) in [6.45, 7) is 1.91. The number of aryl methyl sites for hydroxylation is 1. The minimum atomic E-state index is -0.414. The van der Waals surface area contributed by atoms with Crippen LogP contribution in [0.1, 0.15) is 5.56 Å². The molecule has 0 aromatic heterocycles. The molecule has 0 atom stereocenters. The summed E-state index contributed by atoms with van der Waals surface area (Å²) in [5.41, 5.74) is 2.15. The molecule has 0 spiro atoms. The molecule has 2 rings (SSSR count). The van der Waals surface area contributed by atoms with Gasteiger partial charge in [-0.15, -0.1) is 0 Å². The van der Waals surface area contributed by atoms with Crippen LogP contribution in [0.15, 0.2) is 36.4 Å². The first kappa shape index (κ1) is 11.0. The Morgan fingerprint density at radius 3 is 2.56 bits per heavy atom. The third-order valence-electron chi connectivity index (χ3n) is 2.33. The average Bonchev–Trinajstić information content (AvgIpc) is 2.20. The number of rotatable bonds is 1. The number of aromatic hydroxyl groups is 1. The van der Waals surface area contributed by atoms with E-state index in [0.717, 1.165) is 5.56 Å². The molecule has 2 aromatic rings. The molecule has 0 saturated carbocycles. The van der Waals surface area contributed by atoms with E-state index in [1.165, 1.54) is 12.1 Å². The molecule has 1 N–H and O–H groups in total. The lowest BCUT2D eigenvalue weighted by Crippen LogP contribution is -1.83. The summed E-state index contributed by atoms with van der Waals surface area (Å²) in [5.74, 6) is -0.296. The third kappa shape index (κ3) is 2.17. The van der Waals surface area contributed by atoms with Crippen molar-refractivity contribution in [1.29, 1.82) is 0 Å². The van der Waals surface area contributed by atoms with Gasteiger partial charge in [0.25, 0.3) is 0 Å². The maximum absolute atomic E-state index is 13.2. The van der Waals surface area contributed by atoms with Crippen LogP contribution < -0.4 is 0 Å². The van der Waals surface area contributed by atoms with E-state index in [-0.39, 0.29) is 5.75 Å². The maximum atomic E-state index is 13.2. The Hall–Kier alpha value is -1.54. The van der Waals surface area contributed by atoms with Gasteiger partial charge in [-0.3, -0.25) is 0 Å². The van der Waals surface area contributed by atoms with Gasteiger partial charge in [-0.1, -0.05) is 23.2 Å². The van der Waals surface area contributed by atoms with Crippen LogP contribution in [0.2, 0.25) is 5.02 Å². The first-order valence-corrected chi connectivity index (χ1v) is 5.20. The molecule has 82 valence electrons. The van der Waals surface area contributed by atoms with Crippen LogP contribution in [-0.2, 0) is 0 Å². The zero-order valence-electron chi connectivity index (χ0n) is 8.67. The summed E-state index contributed by atoms with van der Waals surface area (Å²) in [5, 5.41) is 10.0. The van der Waals surface area contributed by atoms with Gasteiger partial charge in [-0.2, -0.15) is 0 Å². The molecule has 0 radical (unpaired) electrons. The van der Waals surface area contributed by atoms with Gasteiger partial charge in [0.2, 0.25) is 0 Å². The summed E-state index contributed by atoms with van der Waals surface area (Å²) in [7, 11) is 0. The van der Waals surface area contributed by atoms with Gasteiger partial charge in [0.05, 0.1) is 0 Å². The van der Waals surface area contributed by atoms with Gasteiger partial charge in [0, 0.05) is 10.6 Å². The predicted molar refractivity (Wildman–Crippen MR) is 63.2 cm³/mol. The highest BCUT2D eigenvalue weighted by molar-refractivity contribution is 6.30. The summed E-state index contributed by atoms with van der Waals surface area (Å²) in [4.78, 5) is 0. The minimum Gasteiger partial charge on any atom is -0.507 e. The molecule has 0 saturated heterocycles. The van der Waals surface area contributed by atoms with E-state index >= 15 is 0 Å². The highest BCUT2D eigenvalue weighted by Gasteiger charge is 2.07. The van der Waals surface area contributed by atoms with Gasteiger partial charge in [-0.25, -0.2) is 4.39 Å². The molecule has 2 aromatic carbocycles. The molecule has 3 heteroatoms. The minimum absolute atomic E-state index is 0.118. The van der Waals surface area contributed by atoms with E-state index in [2.05, 4.69) is 0 Å². The lowest BCUT2D eigenvalue weighted by atomic mass is 10.0. The van der Waals surface area contributed by atoms with Crippen molar-refractivity contribution in [3.63, 3.8) is 0 Å². The fourth-order valence-corrected chi connectivity index (χ4v) is 1.81. The van der Waals surface area contributed by atoms with Crippen molar-refractivity contribution in [3.05, 3.63) is 52.8 Å². The Morgan fingerprint density at radius 1 is 1.12 bits per heavy atom. The van der Waals surface area contributed by atoms with E-state index in [4.69, 9.17) is 11.6 Å². The van der Waals surface area contributed by atoms with Crippen molar-refractivity contribution in [1.82, 2.24) is 0 Å². The summed E-state index contributed by atoms with van der Waals surface area (Å²) < 4.78 is 13.2. The van der Waals surface area contributed by atoms with Crippen molar-refractivity contribution in [3.8, 4) is 16.9 Å². The zero-order chi connectivity index (χ0) is 11.7. The van der Waals surface area contributed by atoms with E-state index in [0.29, 0.717) is 16.1 Å². The molecule has 0 aliphatic rings. The second kappa shape index (κ2) is 4.14. The second-order valence-corrected chi connectivity index (χ2v) is 4.12. The number of halogens is 2. The van der Waals surface area contributed by atoms with Gasteiger partial charge in [0.1, 0.15) is 11.6 Å². The smallest absolute Gasteiger partial charge is 0.125 e. The first-order chi connectivity index (χ1) is 7.56. The molecule has 1 nitrogen and oxygen atoms in total. The SMILES string of the molecule is Cc1ccc(O)c(-c2cc(F)cc(Cl)c2)c1. The Morgan fingerprint density at radius 2 is 1.88 bits per heavy atom. The van der Waals surface area contributed by atoms with E-state index in [1.54, 1.807) is 24.3 Å². The highest BCUT2D eigenvalue weighted by atomic mass is 35.5. The Bertz CT molecular complexity index is 517. The van der Waals surface area contributed by atoms with E-state index in [9.17, 15) is 9.50 Å². The lowest BCUT2D eigenvalue weighted by molar-refractivity contribution is 0.477. The van der Waals surface area contributed by atoms with Crippen LogP contribution in [0.3, 0.4) is 0 Å². The molecule has 0 aliphatic heterocycles. The normalized spacial score (nSPS) is 10.4. The van der Waals surface area contributed by atoms with Crippen LogP contribution in [0.5, 0.6) is 5.75 Å². The fourth-order valence-electron chi connectivity index (χ4n) is 1.59.